The van der Waals surface area contributed by atoms with Crippen molar-refractivity contribution in [2.45, 2.75) is 153 Å². The van der Waals surface area contributed by atoms with Gasteiger partial charge in [-0.05, 0) is 174 Å². The van der Waals surface area contributed by atoms with E-state index < -0.39 is 11.2 Å². The van der Waals surface area contributed by atoms with Crippen LogP contribution in [-0.2, 0) is 4.79 Å². The summed E-state index contributed by atoms with van der Waals surface area (Å²) in [5.74, 6) is 4.98. The quantitative estimate of drug-likeness (QED) is 0.365. The maximum Gasteiger partial charge on any atom is 0.196 e. The zero-order valence-electron chi connectivity index (χ0n) is 25.7. The summed E-state index contributed by atoms with van der Waals surface area (Å²) in [7, 11) is 0. The molecule has 0 spiro atoms. The van der Waals surface area contributed by atoms with Crippen molar-refractivity contribution in [3.8, 4) is 0 Å². The van der Waals surface area contributed by atoms with Crippen LogP contribution in [0.15, 0.2) is 0 Å². The highest BCUT2D eigenvalue weighted by atomic mass is 16.3. The molecule has 8 aliphatic rings. The first-order valence-corrected chi connectivity index (χ1v) is 18.2. The third-order valence-corrected chi connectivity index (χ3v) is 16.4. The van der Waals surface area contributed by atoms with Gasteiger partial charge in [-0.1, -0.05) is 26.7 Å². The molecule has 14 atom stereocenters. The molecule has 0 amide bonds. The minimum Gasteiger partial charge on any atom is -0.382 e. The SMILES string of the molecule is C[C@@]12CCC[C@H]1[C@@H]1CCC3CCCC(O)(C(=O)C4(O)CCCC5CC[C@@H]6[C@H](CC[C@]7(C)CCC[C@@H]67)[C@H]54)[C@@H]3[C@H]1CC2. The summed E-state index contributed by atoms with van der Waals surface area (Å²) in [6.45, 7) is 5.10. The van der Waals surface area contributed by atoms with Crippen LogP contribution < -0.4 is 0 Å². The van der Waals surface area contributed by atoms with Crippen LogP contribution in [-0.4, -0.2) is 27.2 Å². The fourth-order valence-electron chi connectivity index (χ4n) is 14.9. The molecule has 40 heavy (non-hydrogen) atoms. The van der Waals surface area contributed by atoms with E-state index in [9.17, 15) is 10.2 Å². The summed E-state index contributed by atoms with van der Waals surface area (Å²) >= 11 is 0. The second-order valence-corrected chi connectivity index (χ2v) is 17.7. The molecule has 8 saturated carbocycles. The molecule has 3 heteroatoms. The number of aliphatic hydroxyl groups is 2. The predicted octanol–water partition coefficient (Wildman–Crippen LogP) is 8.10. The molecule has 0 heterocycles. The van der Waals surface area contributed by atoms with Crippen molar-refractivity contribution in [3.63, 3.8) is 0 Å². The van der Waals surface area contributed by atoms with E-state index in [0.717, 1.165) is 24.7 Å². The number of carbonyl (C=O) groups excluding carboxylic acids is 1. The van der Waals surface area contributed by atoms with Gasteiger partial charge in [0.15, 0.2) is 5.78 Å². The standard InChI is InChI=1S/C37H58O3/c1-34-17-5-9-29(34)25-13-11-23-7-3-19-36(39,31(23)27(25)15-21-34)33(38)37(40)20-4-8-24-12-14-26-28(32(24)37)16-22-35(2)18-6-10-30(26)35/h23-32,39-40H,3-22H2,1-2H3/t23?,24?,25-,26-,27+,28+,29+,30+,31+,32+,34+,35+,36?,37?/m1/s1. The van der Waals surface area contributed by atoms with E-state index in [4.69, 9.17) is 0 Å². The molecule has 3 nitrogen and oxygen atoms in total. The molecule has 0 radical (unpaired) electrons. The van der Waals surface area contributed by atoms with Crippen molar-refractivity contribution in [1.29, 1.82) is 0 Å². The molecular weight excluding hydrogens is 492 g/mol. The molecule has 8 fully saturated rings. The Morgan fingerprint density at radius 3 is 1.38 bits per heavy atom. The molecule has 2 N–H and O–H groups in total. The average Bonchev–Trinajstić information content (AvgIpc) is 3.55. The average molecular weight is 551 g/mol. The van der Waals surface area contributed by atoms with Crippen molar-refractivity contribution in [2.24, 2.45) is 70.0 Å². The Bertz CT molecular complexity index is 945. The largest absolute Gasteiger partial charge is 0.382 e. The monoisotopic (exact) mass is 550 g/mol. The summed E-state index contributed by atoms with van der Waals surface area (Å²) in [5, 5.41) is 25.7. The van der Waals surface area contributed by atoms with Crippen LogP contribution in [0.2, 0.25) is 0 Å². The van der Waals surface area contributed by atoms with Crippen molar-refractivity contribution in [3.05, 3.63) is 0 Å². The summed E-state index contributed by atoms with van der Waals surface area (Å²) < 4.78 is 0. The Balaban J connectivity index is 1.13. The van der Waals surface area contributed by atoms with E-state index in [2.05, 4.69) is 13.8 Å². The van der Waals surface area contributed by atoms with Gasteiger partial charge < -0.3 is 10.2 Å². The van der Waals surface area contributed by atoms with Crippen LogP contribution >= 0.6 is 0 Å². The van der Waals surface area contributed by atoms with Gasteiger partial charge in [0.05, 0.1) is 0 Å². The summed E-state index contributed by atoms with van der Waals surface area (Å²) in [6.07, 6.45) is 23.7. The molecule has 0 aliphatic heterocycles. The van der Waals surface area contributed by atoms with Crippen molar-refractivity contribution >= 4 is 5.78 Å². The van der Waals surface area contributed by atoms with Crippen molar-refractivity contribution in [1.82, 2.24) is 0 Å². The molecule has 8 rings (SSSR count). The van der Waals surface area contributed by atoms with Crippen LogP contribution in [0, 0.1) is 70.0 Å². The first kappa shape index (κ1) is 27.2. The fourth-order valence-corrected chi connectivity index (χ4v) is 14.9. The molecule has 0 saturated heterocycles. The molecule has 0 aromatic rings. The minimum absolute atomic E-state index is 0.0785. The lowest BCUT2D eigenvalue weighted by Crippen LogP contribution is -2.68. The second kappa shape index (κ2) is 9.30. The Hall–Kier alpha value is -0.410. The highest BCUT2D eigenvalue weighted by molar-refractivity contribution is 5.95. The van der Waals surface area contributed by atoms with Gasteiger partial charge in [0.2, 0.25) is 0 Å². The highest BCUT2D eigenvalue weighted by Crippen LogP contribution is 2.67. The van der Waals surface area contributed by atoms with Gasteiger partial charge in [0, 0.05) is 11.8 Å². The first-order valence-electron chi connectivity index (χ1n) is 18.2. The smallest absolute Gasteiger partial charge is 0.196 e. The molecule has 4 unspecified atom stereocenters. The lowest BCUT2D eigenvalue weighted by Gasteiger charge is -2.61. The van der Waals surface area contributed by atoms with E-state index in [0.29, 0.717) is 59.2 Å². The summed E-state index contributed by atoms with van der Waals surface area (Å²) in [4.78, 5) is 15.1. The number of rotatable bonds is 2. The third kappa shape index (κ3) is 3.64. The fraction of sp³-hybridized carbons (Fsp3) is 0.973. The predicted molar refractivity (Wildman–Crippen MR) is 158 cm³/mol. The van der Waals surface area contributed by atoms with Crippen LogP contribution in [0.25, 0.3) is 0 Å². The van der Waals surface area contributed by atoms with Crippen molar-refractivity contribution in [2.75, 3.05) is 0 Å². The number of fused-ring (bicyclic) bond motifs is 10. The first-order chi connectivity index (χ1) is 19.2. The maximum atomic E-state index is 15.1. The Labute approximate surface area is 244 Å². The number of carbonyl (C=O) groups is 1. The van der Waals surface area contributed by atoms with Gasteiger partial charge in [0.25, 0.3) is 0 Å². The van der Waals surface area contributed by atoms with Crippen LogP contribution in [0.5, 0.6) is 0 Å². The van der Waals surface area contributed by atoms with Gasteiger partial charge in [-0.3, -0.25) is 4.79 Å². The van der Waals surface area contributed by atoms with E-state index in [-0.39, 0.29) is 17.6 Å². The van der Waals surface area contributed by atoms with Gasteiger partial charge >= 0.3 is 0 Å². The Kier molecular flexibility index (Phi) is 6.31. The van der Waals surface area contributed by atoms with E-state index in [1.54, 1.807) is 0 Å². The lowest BCUT2D eigenvalue weighted by atomic mass is 9.44. The molecule has 224 valence electrons. The van der Waals surface area contributed by atoms with E-state index in [1.807, 2.05) is 0 Å². The number of Topliss-reactive ketones (excluding diaryl/α,β-unsaturated/α-hetero) is 1. The van der Waals surface area contributed by atoms with Gasteiger partial charge in [0.1, 0.15) is 11.2 Å². The third-order valence-electron chi connectivity index (χ3n) is 16.4. The van der Waals surface area contributed by atoms with Gasteiger partial charge in [-0.15, -0.1) is 0 Å². The van der Waals surface area contributed by atoms with Gasteiger partial charge in [-0.25, -0.2) is 0 Å². The molecular formula is C37H58O3. The lowest BCUT2D eigenvalue weighted by molar-refractivity contribution is -0.209. The number of hydrogen-bond donors (Lipinski definition) is 2. The zero-order valence-corrected chi connectivity index (χ0v) is 25.7. The Morgan fingerprint density at radius 1 is 0.500 bits per heavy atom. The second-order valence-electron chi connectivity index (χ2n) is 17.7. The van der Waals surface area contributed by atoms with Gasteiger partial charge in [-0.2, -0.15) is 0 Å². The number of hydrogen-bond acceptors (Lipinski definition) is 3. The molecule has 0 bridgehead atoms. The van der Waals surface area contributed by atoms with Crippen LogP contribution in [0.1, 0.15) is 142 Å². The topological polar surface area (TPSA) is 57.5 Å². The molecule has 0 aromatic carbocycles. The van der Waals surface area contributed by atoms with Crippen LogP contribution in [0.3, 0.4) is 0 Å². The summed E-state index contributed by atoms with van der Waals surface area (Å²) in [5.41, 5.74) is -1.63. The summed E-state index contributed by atoms with van der Waals surface area (Å²) in [6, 6.07) is 0. The van der Waals surface area contributed by atoms with E-state index >= 15 is 4.79 Å². The molecule has 0 aromatic heterocycles. The van der Waals surface area contributed by atoms with Crippen molar-refractivity contribution < 1.29 is 15.0 Å². The van der Waals surface area contributed by atoms with Crippen LogP contribution in [0.4, 0.5) is 0 Å². The minimum atomic E-state index is -1.31. The highest BCUT2D eigenvalue weighted by Gasteiger charge is 2.67. The normalized spacial score (nSPS) is 59.0. The Morgan fingerprint density at radius 2 is 0.925 bits per heavy atom. The van der Waals surface area contributed by atoms with E-state index in [1.165, 1.54) is 103 Å². The molecule has 8 aliphatic carbocycles. The number of ketones is 1. The zero-order chi connectivity index (χ0) is 27.5. The maximum absolute atomic E-state index is 15.1.